The average Bonchev–Trinajstić information content (AvgIpc) is 2.52. The van der Waals surface area contributed by atoms with Crippen LogP contribution in [0, 0.1) is 5.92 Å². The first-order chi connectivity index (χ1) is 10.1. The molecule has 21 heavy (non-hydrogen) atoms. The molecule has 2 amide bonds. The molecule has 0 atom stereocenters. The Labute approximate surface area is 125 Å². The number of likely N-dealkylation sites (tertiary alicyclic amines) is 1. The summed E-state index contributed by atoms with van der Waals surface area (Å²) in [5, 5.41) is 11.6. The third kappa shape index (κ3) is 5.10. The molecule has 1 saturated heterocycles. The number of hydrogen-bond acceptors (Lipinski definition) is 2. The topological polar surface area (TPSA) is 69.6 Å². The third-order valence-electron chi connectivity index (χ3n) is 3.95. The third-order valence-corrected chi connectivity index (χ3v) is 3.95. The van der Waals surface area contributed by atoms with Crippen LogP contribution in [-0.4, -0.2) is 35.1 Å². The van der Waals surface area contributed by atoms with Crippen LogP contribution in [0.1, 0.15) is 31.2 Å². The van der Waals surface area contributed by atoms with Gasteiger partial charge in [0.05, 0.1) is 0 Å². The molecule has 0 bridgehead atoms. The minimum Gasteiger partial charge on any atom is -0.481 e. The number of carboxylic acids is 1. The van der Waals surface area contributed by atoms with Crippen LogP contribution < -0.4 is 5.32 Å². The zero-order valence-corrected chi connectivity index (χ0v) is 12.1. The molecule has 1 aromatic rings. The summed E-state index contributed by atoms with van der Waals surface area (Å²) in [7, 11) is 0. The highest BCUT2D eigenvalue weighted by Gasteiger charge is 2.22. The van der Waals surface area contributed by atoms with E-state index < -0.39 is 5.97 Å². The van der Waals surface area contributed by atoms with E-state index in [1.165, 1.54) is 0 Å². The van der Waals surface area contributed by atoms with E-state index >= 15 is 0 Å². The molecule has 114 valence electrons. The fourth-order valence-corrected chi connectivity index (χ4v) is 2.64. The van der Waals surface area contributed by atoms with Crippen LogP contribution in [0.2, 0.25) is 0 Å². The van der Waals surface area contributed by atoms with E-state index in [0.717, 1.165) is 24.8 Å². The van der Waals surface area contributed by atoms with Gasteiger partial charge in [-0.1, -0.05) is 30.3 Å². The molecule has 0 radical (unpaired) electrons. The average molecular weight is 290 g/mol. The van der Waals surface area contributed by atoms with Crippen LogP contribution in [-0.2, 0) is 11.3 Å². The summed E-state index contributed by atoms with van der Waals surface area (Å²) in [5.41, 5.74) is 1.09. The van der Waals surface area contributed by atoms with E-state index in [0.29, 0.717) is 25.6 Å². The molecule has 0 aliphatic carbocycles. The van der Waals surface area contributed by atoms with Crippen molar-refractivity contribution >= 4 is 12.0 Å². The fraction of sp³-hybridized carbons (Fsp3) is 0.500. The van der Waals surface area contributed by atoms with Crippen molar-refractivity contribution in [3.05, 3.63) is 35.9 Å². The van der Waals surface area contributed by atoms with E-state index in [1.807, 2.05) is 35.2 Å². The number of hydrogen-bond donors (Lipinski definition) is 2. The van der Waals surface area contributed by atoms with Gasteiger partial charge in [0.2, 0.25) is 0 Å². The molecule has 0 aromatic heterocycles. The monoisotopic (exact) mass is 290 g/mol. The van der Waals surface area contributed by atoms with Gasteiger partial charge in [-0.3, -0.25) is 4.79 Å². The second-order valence-electron chi connectivity index (χ2n) is 5.51. The standard InChI is InChI=1S/C16H22N2O3/c19-15(20)7-6-13-8-10-18(11-9-13)16(21)17-12-14-4-2-1-3-5-14/h1-5,13H,6-12H2,(H,17,21)(H,19,20). The Balaban J connectivity index is 1.69. The van der Waals surface area contributed by atoms with Gasteiger partial charge in [0.1, 0.15) is 0 Å². The lowest BCUT2D eigenvalue weighted by molar-refractivity contribution is -0.137. The molecular weight excluding hydrogens is 268 g/mol. The molecule has 1 aliphatic heterocycles. The largest absolute Gasteiger partial charge is 0.481 e. The normalized spacial score (nSPS) is 15.7. The van der Waals surface area contributed by atoms with Gasteiger partial charge in [-0.05, 0) is 30.7 Å². The molecular formula is C16H22N2O3. The van der Waals surface area contributed by atoms with Crippen LogP contribution in [0.3, 0.4) is 0 Å². The van der Waals surface area contributed by atoms with Gasteiger partial charge in [-0.25, -0.2) is 4.79 Å². The molecule has 0 spiro atoms. The Morgan fingerprint density at radius 3 is 2.48 bits per heavy atom. The predicted octanol–water partition coefficient (Wildman–Crippen LogP) is 2.47. The zero-order valence-electron chi connectivity index (χ0n) is 12.1. The summed E-state index contributed by atoms with van der Waals surface area (Å²) in [6.07, 6.45) is 2.73. The van der Waals surface area contributed by atoms with Gasteiger partial charge in [-0.2, -0.15) is 0 Å². The highest BCUT2D eigenvalue weighted by Crippen LogP contribution is 2.21. The zero-order chi connectivity index (χ0) is 15.1. The second-order valence-corrected chi connectivity index (χ2v) is 5.51. The number of amides is 2. The van der Waals surface area contributed by atoms with Gasteiger partial charge in [-0.15, -0.1) is 0 Å². The Morgan fingerprint density at radius 1 is 1.19 bits per heavy atom. The van der Waals surface area contributed by atoms with E-state index in [-0.39, 0.29) is 12.5 Å². The number of piperidine rings is 1. The summed E-state index contributed by atoms with van der Waals surface area (Å²) < 4.78 is 0. The van der Waals surface area contributed by atoms with E-state index in [2.05, 4.69) is 5.32 Å². The van der Waals surface area contributed by atoms with Crippen molar-refractivity contribution in [1.29, 1.82) is 0 Å². The van der Waals surface area contributed by atoms with Crippen molar-refractivity contribution in [3.8, 4) is 0 Å². The highest BCUT2D eigenvalue weighted by atomic mass is 16.4. The number of urea groups is 1. The van der Waals surface area contributed by atoms with Gasteiger partial charge >= 0.3 is 12.0 Å². The van der Waals surface area contributed by atoms with Crippen LogP contribution in [0.25, 0.3) is 0 Å². The van der Waals surface area contributed by atoms with Gasteiger partial charge in [0.25, 0.3) is 0 Å². The molecule has 2 rings (SSSR count). The van der Waals surface area contributed by atoms with E-state index in [4.69, 9.17) is 5.11 Å². The van der Waals surface area contributed by atoms with Crippen molar-refractivity contribution in [3.63, 3.8) is 0 Å². The van der Waals surface area contributed by atoms with Crippen molar-refractivity contribution < 1.29 is 14.7 Å². The van der Waals surface area contributed by atoms with Crippen molar-refractivity contribution in [2.24, 2.45) is 5.92 Å². The Kier molecular flexibility index (Phi) is 5.60. The lowest BCUT2D eigenvalue weighted by atomic mass is 9.92. The number of carbonyl (C=O) groups is 2. The van der Waals surface area contributed by atoms with Gasteiger partial charge in [0.15, 0.2) is 0 Å². The van der Waals surface area contributed by atoms with E-state index in [9.17, 15) is 9.59 Å². The molecule has 1 heterocycles. The molecule has 0 unspecified atom stereocenters. The lowest BCUT2D eigenvalue weighted by Gasteiger charge is -2.31. The SMILES string of the molecule is O=C(O)CCC1CCN(C(=O)NCc2ccccc2)CC1. The first-order valence-corrected chi connectivity index (χ1v) is 7.43. The minimum atomic E-state index is -0.738. The molecule has 1 aromatic carbocycles. The first-order valence-electron chi connectivity index (χ1n) is 7.43. The Hall–Kier alpha value is -2.04. The summed E-state index contributed by atoms with van der Waals surface area (Å²) in [6, 6.07) is 9.80. The number of rotatable bonds is 5. The maximum absolute atomic E-state index is 12.1. The molecule has 1 fully saturated rings. The van der Waals surface area contributed by atoms with Crippen LogP contribution in [0.5, 0.6) is 0 Å². The second kappa shape index (κ2) is 7.67. The lowest BCUT2D eigenvalue weighted by Crippen LogP contribution is -2.44. The van der Waals surface area contributed by atoms with Crippen LogP contribution >= 0.6 is 0 Å². The number of carbonyl (C=O) groups excluding carboxylic acids is 1. The van der Waals surface area contributed by atoms with Gasteiger partial charge < -0.3 is 15.3 Å². The minimum absolute atomic E-state index is 0.0319. The maximum atomic E-state index is 12.1. The molecule has 2 N–H and O–H groups in total. The Bertz CT molecular complexity index is 468. The molecule has 5 heteroatoms. The van der Waals surface area contributed by atoms with Crippen molar-refractivity contribution in [1.82, 2.24) is 10.2 Å². The number of nitrogens with one attached hydrogen (secondary N) is 1. The summed E-state index contributed by atoms with van der Waals surface area (Å²) >= 11 is 0. The number of benzene rings is 1. The number of carboxylic acid groups (broad SMARTS) is 1. The van der Waals surface area contributed by atoms with E-state index in [1.54, 1.807) is 0 Å². The van der Waals surface area contributed by atoms with Crippen molar-refractivity contribution in [2.75, 3.05) is 13.1 Å². The molecule has 5 nitrogen and oxygen atoms in total. The van der Waals surface area contributed by atoms with Crippen molar-refractivity contribution in [2.45, 2.75) is 32.2 Å². The van der Waals surface area contributed by atoms with Crippen LogP contribution in [0.4, 0.5) is 4.79 Å². The molecule has 0 saturated carbocycles. The summed E-state index contributed by atoms with van der Waals surface area (Å²) in [5.74, 6) is -0.308. The smallest absolute Gasteiger partial charge is 0.317 e. The fourth-order valence-electron chi connectivity index (χ4n) is 2.64. The number of nitrogens with zero attached hydrogens (tertiary/aromatic N) is 1. The highest BCUT2D eigenvalue weighted by molar-refractivity contribution is 5.74. The quantitative estimate of drug-likeness (QED) is 0.875. The number of aliphatic carboxylic acids is 1. The summed E-state index contributed by atoms with van der Waals surface area (Å²) in [6.45, 7) is 1.97. The predicted molar refractivity (Wildman–Crippen MR) is 79.8 cm³/mol. The Morgan fingerprint density at radius 2 is 1.86 bits per heavy atom. The molecule has 1 aliphatic rings. The van der Waals surface area contributed by atoms with Gasteiger partial charge in [0, 0.05) is 26.1 Å². The first kappa shape index (κ1) is 15.4. The summed E-state index contributed by atoms with van der Waals surface area (Å²) in [4.78, 5) is 24.4. The van der Waals surface area contributed by atoms with Crippen LogP contribution in [0.15, 0.2) is 30.3 Å². The maximum Gasteiger partial charge on any atom is 0.317 e.